The average Bonchev–Trinajstić information content (AvgIpc) is 2.80. The van der Waals surface area contributed by atoms with Crippen LogP contribution in [0.5, 0.6) is 0 Å². The van der Waals surface area contributed by atoms with Crippen LogP contribution in [-0.2, 0) is 9.84 Å². The van der Waals surface area contributed by atoms with E-state index in [1.807, 2.05) is 0 Å². The molecule has 18 heavy (non-hydrogen) atoms. The maximum Gasteiger partial charge on any atom is 0.253 e. The molecular weight excluding hydrogens is 274 g/mol. The fourth-order valence-corrected chi connectivity index (χ4v) is 3.32. The number of likely N-dealkylation sites (tertiary alicyclic amines) is 1. The summed E-state index contributed by atoms with van der Waals surface area (Å²) in [7, 11) is -3.42. The van der Waals surface area contributed by atoms with Crippen molar-refractivity contribution in [1.82, 2.24) is 4.90 Å². The van der Waals surface area contributed by atoms with E-state index in [0.717, 1.165) is 32.2 Å². The van der Waals surface area contributed by atoms with Crippen LogP contribution in [0, 0.1) is 0 Å². The van der Waals surface area contributed by atoms with E-state index < -0.39 is 9.84 Å². The smallest absolute Gasteiger partial charge is 0.253 e. The zero-order chi connectivity index (χ0) is 13.3. The Labute approximate surface area is 111 Å². The lowest BCUT2D eigenvalue weighted by molar-refractivity contribution is 0.0792. The van der Waals surface area contributed by atoms with E-state index >= 15 is 0 Å². The van der Waals surface area contributed by atoms with Crippen molar-refractivity contribution in [3.05, 3.63) is 28.8 Å². The summed E-state index contributed by atoms with van der Waals surface area (Å²) >= 11 is 5.84. The van der Waals surface area contributed by atoms with Gasteiger partial charge in [-0.1, -0.05) is 11.6 Å². The minimum Gasteiger partial charge on any atom is -0.339 e. The van der Waals surface area contributed by atoms with Crippen molar-refractivity contribution in [2.45, 2.75) is 17.7 Å². The Morgan fingerprint density at radius 3 is 2.44 bits per heavy atom. The van der Waals surface area contributed by atoms with Crippen LogP contribution in [0.2, 0.25) is 5.02 Å². The second kappa shape index (κ2) is 4.90. The van der Waals surface area contributed by atoms with Crippen molar-refractivity contribution < 1.29 is 13.2 Å². The molecule has 0 bridgehead atoms. The van der Waals surface area contributed by atoms with Gasteiger partial charge in [0.2, 0.25) is 0 Å². The van der Waals surface area contributed by atoms with E-state index in [4.69, 9.17) is 11.6 Å². The zero-order valence-electron chi connectivity index (χ0n) is 10.0. The van der Waals surface area contributed by atoms with Crippen molar-refractivity contribution in [1.29, 1.82) is 0 Å². The van der Waals surface area contributed by atoms with Crippen molar-refractivity contribution in [3.63, 3.8) is 0 Å². The van der Waals surface area contributed by atoms with E-state index in [1.165, 1.54) is 12.1 Å². The molecule has 1 aromatic carbocycles. The predicted octanol–water partition coefficient (Wildman–Crippen LogP) is 1.98. The third-order valence-electron chi connectivity index (χ3n) is 2.97. The molecule has 98 valence electrons. The molecule has 0 N–H and O–H groups in total. The Balaban J connectivity index is 2.38. The summed E-state index contributed by atoms with van der Waals surface area (Å²) in [6.07, 6.45) is 3.08. The minimum absolute atomic E-state index is 0.00853. The third kappa shape index (κ3) is 2.67. The minimum atomic E-state index is -3.42. The van der Waals surface area contributed by atoms with E-state index in [1.54, 1.807) is 11.0 Å². The number of carbonyl (C=O) groups is 1. The second-order valence-electron chi connectivity index (χ2n) is 4.42. The molecule has 0 aromatic heterocycles. The van der Waals surface area contributed by atoms with Crippen LogP contribution in [0.3, 0.4) is 0 Å². The lowest BCUT2D eigenvalue weighted by Gasteiger charge is -2.15. The normalized spacial score (nSPS) is 16.0. The number of benzene rings is 1. The first-order valence-electron chi connectivity index (χ1n) is 5.68. The lowest BCUT2D eigenvalue weighted by atomic mass is 10.2. The van der Waals surface area contributed by atoms with Gasteiger partial charge >= 0.3 is 0 Å². The van der Waals surface area contributed by atoms with Crippen LogP contribution in [0.4, 0.5) is 0 Å². The van der Waals surface area contributed by atoms with Crippen LogP contribution in [0.25, 0.3) is 0 Å². The Hall–Kier alpha value is -1.07. The van der Waals surface area contributed by atoms with Crippen molar-refractivity contribution in [3.8, 4) is 0 Å². The molecule has 4 nitrogen and oxygen atoms in total. The number of halogens is 1. The van der Waals surface area contributed by atoms with Crippen LogP contribution in [0.1, 0.15) is 23.2 Å². The van der Waals surface area contributed by atoms with Gasteiger partial charge in [0.15, 0.2) is 9.84 Å². The van der Waals surface area contributed by atoms with Gasteiger partial charge in [0.05, 0.1) is 9.92 Å². The molecule has 1 aliphatic heterocycles. The van der Waals surface area contributed by atoms with Crippen molar-refractivity contribution in [2.24, 2.45) is 0 Å². The number of nitrogens with zero attached hydrogens (tertiary/aromatic N) is 1. The summed E-state index contributed by atoms with van der Waals surface area (Å²) in [4.78, 5) is 13.9. The SMILES string of the molecule is CS(=O)(=O)c1cc(C(=O)N2CCCC2)ccc1Cl. The van der Waals surface area contributed by atoms with Gasteiger partial charge in [-0.3, -0.25) is 4.79 Å². The molecule has 1 fully saturated rings. The second-order valence-corrected chi connectivity index (χ2v) is 6.81. The first-order valence-corrected chi connectivity index (χ1v) is 7.95. The number of hydrogen-bond donors (Lipinski definition) is 0. The Morgan fingerprint density at radius 2 is 1.89 bits per heavy atom. The summed E-state index contributed by atoms with van der Waals surface area (Å²) in [5, 5.41) is 0.149. The molecule has 2 rings (SSSR count). The summed E-state index contributed by atoms with van der Waals surface area (Å²) in [6.45, 7) is 1.46. The fraction of sp³-hybridized carbons (Fsp3) is 0.417. The number of hydrogen-bond acceptors (Lipinski definition) is 3. The molecule has 1 heterocycles. The summed E-state index contributed by atoms with van der Waals surface area (Å²) in [6, 6.07) is 4.39. The highest BCUT2D eigenvalue weighted by atomic mass is 35.5. The molecule has 1 aromatic rings. The maximum absolute atomic E-state index is 12.1. The Kier molecular flexibility index (Phi) is 3.64. The van der Waals surface area contributed by atoms with Gasteiger partial charge in [0.25, 0.3) is 5.91 Å². The molecule has 0 saturated carbocycles. The van der Waals surface area contributed by atoms with Gasteiger partial charge in [-0.2, -0.15) is 0 Å². The van der Waals surface area contributed by atoms with Gasteiger partial charge in [-0.15, -0.1) is 0 Å². The van der Waals surface area contributed by atoms with E-state index in [0.29, 0.717) is 5.56 Å². The molecule has 6 heteroatoms. The molecule has 0 unspecified atom stereocenters. The number of sulfone groups is 1. The molecule has 1 amide bonds. The average molecular weight is 288 g/mol. The monoisotopic (exact) mass is 287 g/mol. The largest absolute Gasteiger partial charge is 0.339 e. The van der Waals surface area contributed by atoms with E-state index in [2.05, 4.69) is 0 Å². The Bertz CT molecular complexity index is 577. The summed E-state index contributed by atoms with van der Waals surface area (Å²) < 4.78 is 23.1. The number of amides is 1. The molecule has 0 radical (unpaired) electrons. The van der Waals surface area contributed by atoms with Crippen LogP contribution < -0.4 is 0 Å². The summed E-state index contributed by atoms with van der Waals surface area (Å²) in [5.74, 6) is -0.130. The van der Waals surface area contributed by atoms with E-state index in [-0.39, 0.29) is 15.8 Å². The van der Waals surface area contributed by atoms with Gasteiger partial charge in [0, 0.05) is 24.9 Å². The lowest BCUT2D eigenvalue weighted by Crippen LogP contribution is -2.27. The number of carbonyl (C=O) groups excluding carboxylic acids is 1. The van der Waals surface area contributed by atoms with Crippen molar-refractivity contribution >= 4 is 27.3 Å². The molecule has 1 aliphatic rings. The van der Waals surface area contributed by atoms with Gasteiger partial charge < -0.3 is 4.90 Å². The standard InChI is InChI=1S/C12H14ClNO3S/c1-18(16,17)11-8-9(4-5-10(11)13)12(15)14-6-2-3-7-14/h4-5,8H,2-3,6-7H2,1H3. The highest BCUT2D eigenvalue weighted by Crippen LogP contribution is 2.24. The van der Waals surface area contributed by atoms with Gasteiger partial charge in [-0.25, -0.2) is 8.42 Å². The first kappa shape index (κ1) is 13.4. The van der Waals surface area contributed by atoms with Gasteiger partial charge in [0.1, 0.15) is 0 Å². The number of rotatable bonds is 2. The quantitative estimate of drug-likeness (QED) is 0.836. The van der Waals surface area contributed by atoms with Crippen LogP contribution >= 0.6 is 11.6 Å². The van der Waals surface area contributed by atoms with E-state index in [9.17, 15) is 13.2 Å². The fourth-order valence-electron chi connectivity index (χ4n) is 2.02. The first-order chi connectivity index (χ1) is 8.39. The van der Waals surface area contributed by atoms with Crippen LogP contribution in [0.15, 0.2) is 23.1 Å². The topological polar surface area (TPSA) is 54.5 Å². The van der Waals surface area contributed by atoms with Crippen molar-refractivity contribution in [2.75, 3.05) is 19.3 Å². The highest BCUT2D eigenvalue weighted by molar-refractivity contribution is 7.90. The highest BCUT2D eigenvalue weighted by Gasteiger charge is 2.21. The molecule has 0 spiro atoms. The Morgan fingerprint density at radius 1 is 1.28 bits per heavy atom. The van der Waals surface area contributed by atoms with Gasteiger partial charge in [-0.05, 0) is 31.0 Å². The molecule has 1 saturated heterocycles. The van der Waals surface area contributed by atoms with Crippen LogP contribution in [-0.4, -0.2) is 38.6 Å². The predicted molar refractivity (Wildman–Crippen MR) is 69.7 cm³/mol. The third-order valence-corrected chi connectivity index (χ3v) is 4.55. The zero-order valence-corrected chi connectivity index (χ0v) is 11.6. The molecule has 0 atom stereocenters. The molecule has 0 aliphatic carbocycles. The maximum atomic E-state index is 12.1. The summed E-state index contributed by atoms with van der Waals surface area (Å²) in [5.41, 5.74) is 0.377. The molecular formula is C12H14ClNO3S.